The lowest BCUT2D eigenvalue weighted by molar-refractivity contribution is 0.410. The molecule has 0 aliphatic carbocycles. The molecule has 0 saturated heterocycles. The first-order valence-corrected chi connectivity index (χ1v) is 9.48. The van der Waals surface area contributed by atoms with Gasteiger partial charge in [0.2, 0.25) is 5.71 Å². The van der Waals surface area contributed by atoms with Crippen molar-refractivity contribution < 1.29 is 13.9 Å². The molecule has 152 valence electrons. The fourth-order valence-corrected chi connectivity index (χ4v) is 3.81. The second-order valence-corrected chi connectivity index (χ2v) is 6.90. The van der Waals surface area contributed by atoms with Gasteiger partial charge in [-0.2, -0.15) is 0 Å². The zero-order chi connectivity index (χ0) is 21.4. The first-order valence-electron chi connectivity index (χ1n) is 9.07. The highest BCUT2D eigenvalue weighted by Crippen LogP contribution is 2.28. The molecule has 0 N–H and O–H groups in total. The number of methoxy groups -OCH3 is 2. The molecule has 0 aliphatic heterocycles. The largest absolute Gasteiger partial charge is 0.495 e. The molecule has 8 heteroatoms. The summed E-state index contributed by atoms with van der Waals surface area (Å²) in [4.78, 5) is 25.7. The highest BCUT2D eigenvalue weighted by Gasteiger charge is 2.21. The average Bonchev–Trinajstić information content (AvgIpc) is 2.74. The van der Waals surface area contributed by atoms with Crippen molar-refractivity contribution in [1.82, 2.24) is 9.13 Å². The van der Waals surface area contributed by atoms with Gasteiger partial charge in [-0.15, -0.1) is 0 Å². The standard InChI is InChI=1S/C22H18N2O5S/c1-13-12-18(25)29-21-19(13)20(26)23(14-8-4-6-10-16(14)27-2)22(30)24(21)15-9-5-7-11-17(15)28-3/h4-12H,1-3H3. The molecule has 4 rings (SSSR count). The van der Waals surface area contributed by atoms with Crippen LogP contribution in [0.15, 0.2) is 68.6 Å². The summed E-state index contributed by atoms with van der Waals surface area (Å²) in [5.41, 5.74) is 0.567. The van der Waals surface area contributed by atoms with E-state index in [-0.39, 0.29) is 15.9 Å². The fourth-order valence-electron chi connectivity index (χ4n) is 3.45. The van der Waals surface area contributed by atoms with E-state index in [0.717, 1.165) is 0 Å². The van der Waals surface area contributed by atoms with E-state index in [1.165, 1.54) is 29.4 Å². The van der Waals surface area contributed by atoms with Gasteiger partial charge in [-0.1, -0.05) is 24.3 Å². The molecular formula is C22H18N2O5S. The SMILES string of the molecule is COc1ccccc1-n1c(=O)c2c(C)cc(=O)oc2n(-c2ccccc2OC)c1=S. The van der Waals surface area contributed by atoms with Gasteiger partial charge in [0.1, 0.15) is 16.9 Å². The lowest BCUT2D eigenvalue weighted by atomic mass is 10.2. The maximum atomic E-state index is 13.5. The van der Waals surface area contributed by atoms with E-state index in [1.807, 2.05) is 6.07 Å². The molecule has 0 unspecified atom stereocenters. The van der Waals surface area contributed by atoms with E-state index in [4.69, 9.17) is 26.1 Å². The molecule has 7 nitrogen and oxygen atoms in total. The first-order chi connectivity index (χ1) is 14.5. The van der Waals surface area contributed by atoms with Crippen LogP contribution in [0.2, 0.25) is 0 Å². The minimum atomic E-state index is -0.576. The van der Waals surface area contributed by atoms with E-state index < -0.39 is 11.2 Å². The maximum Gasteiger partial charge on any atom is 0.337 e. The molecule has 2 aromatic heterocycles. The predicted molar refractivity (Wildman–Crippen MR) is 116 cm³/mol. The molecular weight excluding hydrogens is 404 g/mol. The molecule has 0 fully saturated rings. The summed E-state index contributed by atoms with van der Waals surface area (Å²) in [6, 6.07) is 15.5. The van der Waals surface area contributed by atoms with Crippen molar-refractivity contribution in [3.63, 3.8) is 0 Å². The number of hydrogen-bond donors (Lipinski definition) is 0. The number of ether oxygens (including phenoxy) is 2. The molecule has 0 radical (unpaired) electrons. The van der Waals surface area contributed by atoms with E-state index in [9.17, 15) is 9.59 Å². The number of fused-ring (bicyclic) bond motifs is 1. The number of para-hydroxylation sites is 4. The normalized spacial score (nSPS) is 10.9. The summed E-state index contributed by atoms with van der Waals surface area (Å²) >= 11 is 5.73. The third-order valence-electron chi connectivity index (χ3n) is 4.79. The van der Waals surface area contributed by atoms with Gasteiger partial charge >= 0.3 is 5.63 Å². The second-order valence-electron chi connectivity index (χ2n) is 6.53. The molecule has 0 aliphatic rings. The van der Waals surface area contributed by atoms with Gasteiger partial charge in [0.05, 0.1) is 25.6 Å². The lowest BCUT2D eigenvalue weighted by Gasteiger charge is -2.18. The van der Waals surface area contributed by atoms with Crippen molar-refractivity contribution in [2.45, 2.75) is 6.92 Å². The Bertz CT molecular complexity index is 1450. The smallest absolute Gasteiger partial charge is 0.337 e. The number of hydrogen-bond acceptors (Lipinski definition) is 6. The minimum absolute atomic E-state index is 0.0608. The molecule has 0 atom stereocenters. The number of benzene rings is 2. The molecule has 0 bridgehead atoms. The second kappa shape index (κ2) is 7.64. The highest BCUT2D eigenvalue weighted by molar-refractivity contribution is 7.71. The van der Waals surface area contributed by atoms with Crippen molar-refractivity contribution in [3.8, 4) is 22.9 Å². The van der Waals surface area contributed by atoms with Crippen molar-refractivity contribution in [2.24, 2.45) is 0 Å². The van der Waals surface area contributed by atoms with Crippen molar-refractivity contribution >= 4 is 23.3 Å². The van der Waals surface area contributed by atoms with Crippen LogP contribution < -0.4 is 20.7 Å². The molecule has 0 saturated carbocycles. The lowest BCUT2D eigenvalue weighted by Crippen LogP contribution is -2.26. The van der Waals surface area contributed by atoms with Crippen LogP contribution in [0.3, 0.4) is 0 Å². The van der Waals surface area contributed by atoms with Crippen LogP contribution in [0.4, 0.5) is 0 Å². The highest BCUT2D eigenvalue weighted by atomic mass is 32.1. The zero-order valence-corrected chi connectivity index (χ0v) is 17.4. The summed E-state index contributed by atoms with van der Waals surface area (Å²) in [6.45, 7) is 1.68. The number of aryl methyl sites for hydroxylation is 1. The Balaban J connectivity index is 2.29. The Morgan fingerprint density at radius 3 is 1.97 bits per heavy atom. The Kier molecular flexibility index (Phi) is 5.01. The summed E-state index contributed by atoms with van der Waals surface area (Å²) in [5.74, 6) is 0.982. The van der Waals surface area contributed by atoms with Gasteiger partial charge in [0.25, 0.3) is 5.56 Å². The zero-order valence-electron chi connectivity index (χ0n) is 16.5. The van der Waals surface area contributed by atoms with Gasteiger partial charge in [-0.25, -0.2) is 9.36 Å². The molecule has 4 aromatic rings. The van der Waals surface area contributed by atoms with Gasteiger partial charge in [0.15, 0.2) is 4.77 Å². The van der Waals surface area contributed by atoms with Crippen molar-refractivity contribution in [1.29, 1.82) is 0 Å². The third-order valence-corrected chi connectivity index (χ3v) is 5.16. The molecule has 2 aromatic carbocycles. The Hall–Kier alpha value is -3.65. The molecule has 30 heavy (non-hydrogen) atoms. The Morgan fingerprint density at radius 2 is 1.40 bits per heavy atom. The van der Waals surface area contributed by atoms with Gasteiger partial charge in [-0.05, 0) is 49.0 Å². The Morgan fingerprint density at radius 1 is 0.867 bits per heavy atom. The van der Waals surface area contributed by atoms with E-state index >= 15 is 0 Å². The first kappa shape index (κ1) is 19.7. The predicted octanol–water partition coefficient (Wildman–Crippen LogP) is 3.79. The van der Waals surface area contributed by atoms with Crippen LogP contribution in [-0.2, 0) is 0 Å². The van der Waals surface area contributed by atoms with E-state index in [2.05, 4.69) is 0 Å². The van der Waals surface area contributed by atoms with E-state index in [1.54, 1.807) is 49.4 Å². The van der Waals surface area contributed by atoms with Crippen LogP contribution in [-0.4, -0.2) is 23.4 Å². The number of aromatic nitrogens is 2. The summed E-state index contributed by atoms with van der Waals surface area (Å²) in [5, 5.41) is 0.236. The summed E-state index contributed by atoms with van der Waals surface area (Å²) < 4.78 is 19.4. The molecule has 2 heterocycles. The van der Waals surface area contributed by atoms with Crippen molar-refractivity contribution in [3.05, 3.63) is 85.7 Å². The minimum Gasteiger partial charge on any atom is -0.495 e. The molecule has 0 amide bonds. The topological polar surface area (TPSA) is 75.6 Å². The summed E-state index contributed by atoms with van der Waals surface area (Å²) in [7, 11) is 3.05. The van der Waals surface area contributed by atoms with Crippen molar-refractivity contribution in [2.75, 3.05) is 14.2 Å². The number of rotatable bonds is 4. The van der Waals surface area contributed by atoms with Crippen LogP contribution >= 0.6 is 12.2 Å². The Labute approximate surface area is 176 Å². The number of nitrogens with zero attached hydrogens (tertiary/aromatic N) is 2. The monoisotopic (exact) mass is 422 g/mol. The van der Waals surface area contributed by atoms with Gasteiger partial charge in [0, 0.05) is 6.07 Å². The van der Waals surface area contributed by atoms with Crippen LogP contribution in [0, 0.1) is 11.7 Å². The molecule has 0 spiro atoms. The van der Waals surface area contributed by atoms with Gasteiger partial charge in [-0.3, -0.25) is 9.36 Å². The average molecular weight is 422 g/mol. The fraction of sp³-hybridized carbons (Fsp3) is 0.136. The van der Waals surface area contributed by atoms with Crippen LogP contribution in [0.1, 0.15) is 5.56 Å². The maximum absolute atomic E-state index is 13.5. The van der Waals surface area contributed by atoms with Gasteiger partial charge < -0.3 is 13.9 Å². The quantitative estimate of drug-likeness (QED) is 0.466. The van der Waals surface area contributed by atoms with Crippen LogP contribution in [0.25, 0.3) is 22.5 Å². The third kappa shape index (κ3) is 3.02. The summed E-state index contributed by atoms with van der Waals surface area (Å²) in [6.07, 6.45) is 0. The van der Waals surface area contributed by atoms with E-state index in [0.29, 0.717) is 28.4 Å². The van der Waals surface area contributed by atoms with Crippen LogP contribution in [0.5, 0.6) is 11.5 Å².